The summed E-state index contributed by atoms with van der Waals surface area (Å²) < 4.78 is 14.7. The van der Waals surface area contributed by atoms with Gasteiger partial charge >= 0.3 is 0 Å². The SMILES string of the molecule is C1=CCC=C1.CC(C)(C)C.CC(C)(C)C.CC(C)(C)C.CC(C)(C)C.CC(C)(C)C.CC(C)(C)C.c1ccc2cocc2c1.c1ccc2occc2c1.c1ccncc1.c1ccoc1.c1ccsc1. The largest absolute Gasteiger partial charge is 0.473 e. The zero-order valence-corrected chi connectivity index (χ0v) is 49.3. The summed E-state index contributed by atoms with van der Waals surface area (Å²) in [5.74, 6) is 0. The number of fused-ring (bicyclic) bond motifs is 2. The Hall–Kier alpha value is -4.87. The molecule has 0 radical (unpaired) electrons. The van der Waals surface area contributed by atoms with Crippen molar-refractivity contribution >= 4 is 33.1 Å². The maximum absolute atomic E-state index is 5.12. The van der Waals surface area contributed by atoms with Gasteiger partial charge in [-0.1, -0.05) is 251 Å². The number of hydrogen-bond acceptors (Lipinski definition) is 5. The molecule has 0 fully saturated rings. The monoisotopic (exact) mass is 966 g/mol. The van der Waals surface area contributed by atoms with Gasteiger partial charge < -0.3 is 13.3 Å². The molecule has 8 rings (SSSR count). The molecule has 0 aliphatic heterocycles. The summed E-state index contributed by atoms with van der Waals surface area (Å²) in [6.45, 7) is 52.5. The third-order valence-corrected chi connectivity index (χ3v) is 5.45. The Morgan fingerprint density at radius 2 is 0.710 bits per heavy atom. The first-order chi connectivity index (χ1) is 31.4. The zero-order chi connectivity index (χ0) is 54.1. The highest BCUT2D eigenvalue weighted by atomic mass is 32.1. The Balaban J connectivity index is -0.000000337. The quantitative estimate of drug-likeness (QED) is 0.152. The third kappa shape index (κ3) is 93.9. The van der Waals surface area contributed by atoms with Crippen LogP contribution in [0.3, 0.4) is 0 Å². The maximum atomic E-state index is 5.12. The molecule has 4 nitrogen and oxygen atoms in total. The van der Waals surface area contributed by atoms with Crippen LogP contribution in [0, 0.1) is 32.5 Å². The summed E-state index contributed by atoms with van der Waals surface area (Å²) in [5, 5.41) is 7.58. The van der Waals surface area contributed by atoms with Crippen LogP contribution < -0.4 is 0 Å². The lowest BCUT2D eigenvalue weighted by Gasteiger charge is -2.05. The van der Waals surface area contributed by atoms with Crippen molar-refractivity contribution in [3.05, 3.63) is 176 Å². The summed E-state index contributed by atoms with van der Waals surface area (Å²) in [5.41, 5.74) is 3.96. The van der Waals surface area contributed by atoms with E-state index in [1.165, 1.54) is 0 Å². The molecule has 5 heteroatoms. The van der Waals surface area contributed by atoms with Crippen LogP contribution in [0.5, 0.6) is 0 Å². The van der Waals surface area contributed by atoms with Crippen molar-refractivity contribution in [2.45, 2.75) is 173 Å². The Morgan fingerprint density at radius 3 is 0.942 bits per heavy atom. The first-order valence-corrected chi connectivity index (χ1v) is 25.3. The van der Waals surface area contributed by atoms with E-state index in [1.54, 1.807) is 55.0 Å². The number of rotatable bonds is 0. The van der Waals surface area contributed by atoms with Gasteiger partial charge in [0, 0.05) is 28.6 Å². The van der Waals surface area contributed by atoms with E-state index in [4.69, 9.17) is 8.83 Å². The van der Waals surface area contributed by atoms with Crippen molar-refractivity contribution in [2.24, 2.45) is 32.5 Å². The van der Waals surface area contributed by atoms with Gasteiger partial charge in [0.15, 0.2) is 0 Å². The lowest BCUT2D eigenvalue weighted by atomic mass is 10.0. The van der Waals surface area contributed by atoms with E-state index in [-0.39, 0.29) is 0 Å². The molecule has 2 aromatic carbocycles. The first kappa shape index (κ1) is 70.7. The van der Waals surface area contributed by atoms with Gasteiger partial charge in [0.05, 0.1) is 31.3 Å². The van der Waals surface area contributed by atoms with E-state index in [0.717, 1.165) is 28.2 Å². The van der Waals surface area contributed by atoms with E-state index in [2.05, 4.69) is 200 Å². The van der Waals surface area contributed by atoms with E-state index in [0.29, 0.717) is 32.5 Å². The number of aromatic nitrogens is 1. The highest BCUT2D eigenvalue weighted by Crippen LogP contribution is 2.14. The molecule has 1 aliphatic carbocycles. The number of allylic oxidation sites excluding steroid dienone is 4. The molecule has 388 valence electrons. The zero-order valence-electron chi connectivity index (χ0n) is 48.5. The van der Waals surface area contributed by atoms with Crippen LogP contribution in [0.2, 0.25) is 0 Å². The Bertz CT molecular complexity index is 1740. The number of nitrogens with zero attached hydrogens (tertiary/aromatic N) is 1. The van der Waals surface area contributed by atoms with Gasteiger partial charge in [-0.05, 0) is 86.1 Å². The number of benzene rings is 2. The van der Waals surface area contributed by atoms with Gasteiger partial charge in [0.1, 0.15) is 5.58 Å². The summed E-state index contributed by atoms with van der Waals surface area (Å²) in [6.07, 6.45) is 21.4. The fraction of sp³-hybridized carbons (Fsp3) is 0.484. The van der Waals surface area contributed by atoms with Crippen LogP contribution in [0.4, 0.5) is 0 Å². The second-order valence-electron chi connectivity index (χ2n) is 25.7. The highest BCUT2D eigenvalue weighted by Gasteiger charge is 1.98. The van der Waals surface area contributed by atoms with Crippen LogP contribution in [-0.4, -0.2) is 4.98 Å². The molecule has 5 aromatic heterocycles. The average Bonchev–Trinajstić information content (AvgIpc) is 4.05. The van der Waals surface area contributed by atoms with Crippen molar-refractivity contribution < 1.29 is 13.3 Å². The summed E-state index contributed by atoms with van der Waals surface area (Å²) in [7, 11) is 0. The molecule has 0 atom stereocenters. The van der Waals surface area contributed by atoms with E-state index in [1.807, 2.05) is 108 Å². The van der Waals surface area contributed by atoms with Gasteiger partial charge in [-0.2, -0.15) is 11.3 Å². The van der Waals surface area contributed by atoms with Crippen molar-refractivity contribution in [2.75, 3.05) is 0 Å². The normalized spacial score (nSPS) is 11.0. The van der Waals surface area contributed by atoms with Crippen LogP contribution in [-0.2, 0) is 0 Å². The molecule has 5 heterocycles. The standard InChI is InChI=1S/2C8H6O.C5H5N.C5H6.6C5H12.C4H4O.C4H4S/c1-2-4-8-6-9-5-7(8)3-1;1-2-4-8-7(3-1)5-6-9-8;1-2-4-6-5-3-1;1-2-4-5-3-1;6*1-5(2,3)4;2*1-2-4-5-3-1/h2*1-6H;1-5H;1-4H,5H2;6*1-4H3;2*1-4H. The Labute approximate surface area is 430 Å². The van der Waals surface area contributed by atoms with Crippen molar-refractivity contribution in [3.8, 4) is 0 Å². The molecule has 0 bridgehead atoms. The van der Waals surface area contributed by atoms with Crippen molar-refractivity contribution in [1.29, 1.82) is 0 Å². The molecule has 0 unspecified atom stereocenters. The summed E-state index contributed by atoms with van der Waals surface area (Å²) >= 11 is 1.71. The predicted molar refractivity (Wildman–Crippen MR) is 313 cm³/mol. The fourth-order valence-electron chi connectivity index (χ4n) is 2.97. The van der Waals surface area contributed by atoms with Gasteiger partial charge in [-0.15, -0.1) is 0 Å². The predicted octanol–water partition coefficient (Wildman–Crippen LogP) is 22.8. The Kier molecular flexibility index (Phi) is 40.9. The molecule has 69 heavy (non-hydrogen) atoms. The van der Waals surface area contributed by atoms with Crippen LogP contribution in [0.25, 0.3) is 21.7 Å². The molecular formula is C64H103NO3S. The second-order valence-corrected chi connectivity index (χ2v) is 26.5. The minimum absolute atomic E-state index is 0.500. The Morgan fingerprint density at radius 1 is 0.362 bits per heavy atom. The van der Waals surface area contributed by atoms with E-state index >= 15 is 0 Å². The van der Waals surface area contributed by atoms with Crippen LogP contribution in [0.15, 0.2) is 189 Å². The summed E-state index contributed by atoms with van der Waals surface area (Å²) in [6, 6.07) is 31.4. The van der Waals surface area contributed by atoms with Gasteiger partial charge in [0.25, 0.3) is 0 Å². The van der Waals surface area contributed by atoms with Gasteiger partial charge in [-0.3, -0.25) is 4.98 Å². The molecule has 1 aliphatic rings. The topological polar surface area (TPSA) is 52.3 Å². The first-order valence-electron chi connectivity index (χ1n) is 24.4. The second kappa shape index (κ2) is 39.9. The molecule has 0 N–H and O–H groups in total. The lowest BCUT2D eigenvalue weighted by Crippen LogP contribution is -1.93. The maximum Gasteiger partial charge on any atom is 0.133 e. The van der Waals surface area contributed by atoms with Crippen molar-refractivity contribution in [3.63, 3.8) is 0 Å². The molecule has 0 saturated carbocycles. The molecule has 0 spiro atoms. The average molecular weight is 967 g/mol. The third-order valence-electron chi connectivity index (χ3n) is 4.82. The number of pyridine rings is 1. The number of thiophene rings is 1. The van der Waals surface area contributed by atoms with Gasteiger partial charge in [0.2, 0.25) is 0 Å². The minimum Gasteiger partial charge on any atom is -0.473 e. The summed E-state index contributed by atoms with van der Waals surface area (Å²) in [4.78, 5) is 3.78. The van der Waals surface area contributed by atoms with Gasteiger partial charge in [-0.25, -0.2) is 0 Å². The molecule has 7 aromatic rings. The van der Waals surface area contributed by atoms with E-state index < -0.39 is 0 Å². The molecule has 0 saturated heterocycles. The lowest BCUT2D eigenvalue weighted by molar-refractivity contribution is 0.469. The van der Waals surface area contributed by atoms with Crippen molar-refractivity contribution in [1.82, 2.24) is 4.98 Å². The van der Waals surface area contributed by atoms with Crippen LogP contribution >= 0.6 is 11.3 Å². The molecular weight excluding hydrogens is 863 g/mol. The number of para-hydroxylation sites is 1. The smallest absolute Gasteiger partial charge is 0.133 e. The number of furan rings is 3. The number of hydrogen-bond donors (Lipinski definition) is 0. The fourth-order valence-corrected chi connectivity index (χ4v) is 3.43. The minimum atomic E-state index is 0.500. The molecule has 0 amide bonds. The van der Waals surface area contributed by atoms with E-state index in [9.17, 15) is 0 Å². The highest BCUT2D eigenvalue weighted by molar-refractivity contribution is 7.07. The van der Waals surface area contributed by atoms with Crippen LogP contribution in [0.1, 0.15) is 173 Å².